The number of carbonyl (C=O) groups is 1. The molecule has 0 saturated heterocycles. The van der Waals surface area contributed by atoms with Crippen LogP contribution >= 0.6 is 15.9 Å². The van der Waals surface area contributed by atoms with E-state index in [1.54, 1.807) is 12.3 Å². The molecule has 3 rings (SSSR count). The Morgan fingerprint density at radius 1 is 1.36 bits per heavy atom. The number of amides is 1. The van der Waals surface area contributed by atoms with Gasteiger partial charge in [0.25, 0.3) is 5.91 Å². The first kappa shape index (κ1) is 20.6. The molecule has 2 aromatic rings. The molecule has 28 heavy (non-hydrogen) atoms. The van der Waals surface area contributed by atoms with Crippen molar-refractivity contribution in [1.82, 2.24) is 5.43 Å². The number of anilines is 1. The zero-order valence-corrected chi connectivity index (χ0v) is 18.8. The monoisotopic (exact) mass is 441 g/mol. The summed E-state index contributed by atoms with van der Waals surface area (Å²) in [6, 6.07) is 11.8. The van der Waals surface area contributed by atoms with Gasteiger partial charge in [0.1, 0.15) is 0 Å². The molecule has 148 valence electrons. The topological polar surface area (TPSA) is 44.7 Å². The molecule has 0 radical (unpaired) electrons. The molecule has 1 aliphatic rings. The maximum atomic E-state index is 12.3. The number of hydrogen-bond acceptors (Lipinski definition) is 3. The Balaban J connectivity index is 1.84. The maximum absolute atomic E-state index is 12.3. The molecule has 1 heterocycles. The van der Waals surface area contributed by atoms with Crippen LogP contribution in [-0.2, 0) is 0 Å². The molecule has 0 bridgehead atoms. The summed E-state index contributed by atoms with van der Waals surface area (Å²) in [6.45, 7) is 12.2. The highest BCUT2D eigenvalue weighted by molar-refractivity contribution is 9.10. The van der Waals surface area contributed by atoms with E-state index in [-0.39, 0.29) is 11.4 Å². The molecule has 0 unspecified atom stereocenters. The van der Waals surface area contributed by atoms with Crippen LogP contribution in [0.1, 0.15) is 67.1 Å². The second kappa shape index (κ2) is 8.08. The predicted octanol–water partition coefficient (Wildman–Crippen LogP) is 5.63. The van der Waals surface area contributed by atoms with Gasteiger partial charge in [-0.3, -0.25) is 4.79 Å². The number of hydrogen-bond donors (Lipinski definition) is 1. The first-order chi connectivity index (χ1) is 13.2. The number of rotatable bonds is 4. The number of aryl methyl sites for hydroxylation is 1. The quantitative estimate of drug-likeness (QED) is 0.493. The van der Waals surface area contributed by atoms with Crippen molar-refractivity contribution in [3.05, 3.63) is 63.1 Å². The Kier molecular flexibility index (Phi) is 5.94. The zero-order chi connectivity index (χ0) is 20.5. The van der Waals surface area contributed by atoms with E-state index in [1.165, 1.54) is 11.3 Å². The Morgan fingerprint density at radius 2 is 2.07 bits per heavy atom. The van der Waals surface area contributed by atoms with Crippen LogP contribution in [0.4, 0.5) is 5.69 Å². The third-order valence-electron chi connectivity index (χ3n) is 5.58. The van der Waals surface area contributed by atoms with Crippen molar-refractivity contribution in [2.45, 2.75) is 52.5 Å². The van der Waals surface area contributed by atoms with Crippen molar-refractivity contribution < 1.29 is 4.79 Å². The van der Waals surface area contributed by atoms with E-state index in [1.807, 2.05) is 18.2 Å². The lowest BCUT2D eigenvalue weighted by atomic mass is 9.79. The van der Waals surface area contributed by atoms with Crippen LogP contribution in [0.15, 0.2) is 46.0 Å². The van der Waals surface area contributed by atoms with Gasteiger partial charge >= 0.3 is 0 Å². The first-order valence-electron chi connectivity index (χ1n) is 9.74. The average Bonchev–Trinajstić information content (AvgIpc) is 2.62. The van der Waals surface area contributed by atoms with Gasteiger partial charge in [0, 0.05) is 22.2 Å². The van der Waals surface area contributed by atoms with Crippen LogP contribution in [-0.4, -0.2) is 24.2 Å². The van der Waals surface area contributed by atoms with Crippen molar-refractivity contribution in [3.8, 4) is 0 Å². The Bertz CT molecular complexity index is 920. The van der Waals surface area contributed by atoms with Gasteiger partial charge in [-0.1, -0.05) is 19.1 Å². The first-order valence-corrected chi connectivity index (χ1v) is 10.5. The zero-order valence-electron chi connectivity index (χ0n) is 17.2. The summed E-state index contributed by atoms with van der Waals surface area (Å²) >= 11 is 3.40. The number of benzene rings is 2. The molecular formula is C23H28BrN3O. The van der Waals surface area contributed by atoms with Crippen LogP contribution in [0.2, 0.25) is 0 Å². The number of nitrogens with one attached hydrogen (secondary N) is 1. The van der Waals surface area contributed by atoms with E-state index in [9.17, 15) is 4.79 Å². The summed E-state index contributed by atoms with van der Waals surface area (Å²) in [6.07, 6.45) is 2.86. The van der Waals surface area contributed by atoms with E-state index in [0.717, 1.165) is 28.6 Å². The normalized spacial score (nSPS) is 18.2. The highest BCUT2D eigenvalue weighted by Gasteiger charge is 2.35. The summed E-state index contributed by atoms with van der Waals surface area (Å²) < 4.78 is 0.753. The molecule has 0 saturated carbocycles. The summed E-state index contributed by atoms with van der Waals surface area (Å²) in [5.41, 5.74) is 8.21. The minimum atomic E-state index is -0.230. The number of fused-ring (bicyclic) bond motifs is 1. The number of hydrazone groups is 1. The lowest BCUT2D eigenvalue weighted by Gasteiger charge is -2.47. The second-order valence-electron chi connectivity index (χ2n) is 8.11. The lowest BCUT2D eigenvalue weighted by Crippen LogP contribution is -2.48. The Hall–Kier alpha value is -2.14. The predicted molar refractivity (Wildman–Crippen MR) is 121 cm³/mol. The molecular weight excluding hydrogens is 414 g/mol. The van der Waals surface area contributed by atoms with Gasteiger partial charge in [0.2, 0.25) is 0 Å². The fourth-order valence-corrected chi connectivity index (χ4v) is 4.72. The molecule has 0 aromatic heterocycles. The van der Waals surface area contributed by atoms with Crippen molar-refractivity contribution in [1.29, 1.82) is 0 Å². The van der Waals surface area contributed by atoms with Crippen molar-refractivity contribution in [3.63, 3.8) is 0 Å². The van der Waals surface area contributed by atoms with E-state index >= 15 is 0 Å². The summed E-state index contributed by atoms with van der Waals surface area (Å²) in [5, 5.41) is 4.20. The standard InChI is InChI=1S/C23H28BrN3O/c1-6-27-21-11-15(2)17(12-19(21)16(3)13-23(27,4)5)14-25-26-22(28)18-9-7-8-10-20(18)24/h7-12,14,16H,6,13H2,1-5H3,(H,26,28)/b25-14-/t16-/m1/s1. The van der Waals surface area contributed by atoms with Crippen molar-refractivity contribution in [2.24, 2.45) is 5.10 Å². The van der Waals surface area contributed by atoms with Crippen molar-refractivity contribution >= 4 is 33.7 Å². The third kappa shape index (κ3) is 4.00. The van der Waals surface area contributed by atoms with Gasteiger partial charge in [-0.2, -0.15) is 5.10 Å². The maximum Gasteiger partial charge on any atom is 0.272 e. The largest absolute Gasteiger partial charge is 0.366 e. The fraction of sp³-hybridized carbons (Fsp3) is 0.391. The Morgan fingerprint density at radius 3 is 2.75 bits per heavy atom. The summed E-state index contributed by atoms with van der Waals surface area (Å²) in [7, 11) is 0. The highest BCUT2D eigenvalue weighted by Crippen LogP contribution is 2.43. The van der Waals surface area contributed by atoms with Gasteiger partial charge in [-0.15, -0.1) is 0 Å². The third-order valence-corrected chi connectivity index (χ3v) is 6.27. The number of carbonyl (C=O) groups excluding carboxylic acids is 1. The van der Waals surface area contributed by atoms with Gasteiger partial charge in [-0.05, 0) is 96.9 Å². The number of halogens is 1. The molecule has 5 heteroatoms. The molecule has 0 fully saturated rings. The van der Waals surface area contributed by atoms with Gasteiger partial charge in [-0.25, -0.2) is 5.43 Å². The SMILES string of the molecule is CCN1c2cc(C)c(/C=N\NC(=O)c3ccccc3Br)cc2[C@H](C)CC1(C)C. The molecule has 1 aliphatic heterocycles. The van der Waals surface area contributed by atoms with Gasteiger partial charge in [0.05, 0.1) is 11.8 Å². The fourth-order valence-electron chi connectivity index (χ4n) is 4.25. The van der Waals surface area contributed by atoms with E-state index in [4.69, 9.17) is 0 Å². The van der Waals surface area contributed by atoms with Crippen molar-refractivity contribution in [2.75, 3.05) is 11.4 Å². The summed E-state index contributed by atoms with van der Waals surface area (Å²) in [4.78, 5) is 14.8. The molecule has 0 spiro atoms. The van der Waals surface area contributed by atoms with Crippen LogP contribution < -0.4 is 10.3 Å². The number of nitrogens with zero attached hydrogens (tertiary/aromatic N) is 2. The van der Waals surface area contributed by atoms with E-state index < -0.39 is 0 Å². The molecule has 1 amide bonds. The Labute approximate surface area is 176 Å². The molecule has 2 aromatic carbocycles. The smallest absolute Gasteiger partial charge is 0.272 e. The molecule has 1 N–H and O–H groups in total. The van der Waals surface area contributed by atoms with E-state index in [2.05, 4.69) is 78.1 Å². The van der Waals surface area contributed by atoms with Crippen LogP contribution in [0, 0.1) is 6.92 Å². The minimum absolute atomic E-state index is 0.153. The summed E-state index contributed by atoms with van der Waals surface area (Å²) in [5.74, 6) is 0.252. The van der Waals surface area contributed by atoms with Crippen LogP contribution in [0.5, 0.6) is 0 Å². The molecule has 1 atom stereocenters. The molecule has 4 nitrogen and oxygen atoms in total. The average molecular weight is 442 g/mol. The second-order valence-corrected chi connectivity index (χ2v) is 8.96. The minimum Gasteiger partial charge on any atom is -0.366 e. The van der Waals surface area contributed by atoms with Crippen LogP contribution in [0.3, 0.4) is 0 Å². The highest BCUT2D eigenvalue weighted by atomic mass is 79.9. The van der Waals surface area contributed by atoms with Crippen LogP contribution in [0.25, 0.3) is 0 Å². The lowest BCUT2D eigenvalue weighted by molar-refractivity contribution is 0.0954. The van der Waals surface area contributed by atoms with Gasteiger partial charge in [0.15, 0.2) is 0 Å². The van der Waals surface area contributed by atoms with E-state index in [0.29, 0.717) is 11.5 Å². The van der Waals surface area contributed by atoms with Gasteiger partial charge < -0.3 is 4.90 Å². The molecule has 0 aliphatic carbocycles.